The van der Waals surface area contributed by atoms with Gasteiger partial charge in [-0.15, -0.1) is 0 Å². The Bertz CT molecular complexity index is 1210. The predicted molar refractivity (Wildman–Crippen MR) is 134 cm³/mol. The van der Waals surface area contributed by atoms with Crippen molar-refractivity contribution in [3.05, 3.63) is 105 Å². The van der Waals surface area contributed by atoms with E-state index in [0.717, 1.165) is 14.7 Å². The van der Waals surface area contributed by atoms with Crippen molar-refractivity contribution >= 4 is 40.0 Å². The number of anilines is 2. The van der Waals surface area contributed by atoms with E-state index < -0.39 is 6.10 Å². The Balaban J connectivity index is 1.66. The van der Waals surface area contributed by atoms with Crippen molar-refractivity contribution in [3.63, 3.8) is 0 Å². The van der Waals surface area contributed by atoms with Crippen LogP contribution in [0.4, 0.5) is 11.5 Å². The number of benzene rings is 3. The first-order valence-corrected chi connectivity index (χ1v) is 11.1. The van der Waals surface area contributed by atoms with Gasteiger partial charge >= 0.3 is 0 Å². The lowest BCUT2D eigenvalue weighted by atomic mass is 10.1. The second kappa shape index (κ2) is 9.88. The Morgan fingerprint density at radius 3 is 2.38 bits per heavy atom. The van der Waals surface area contributed by atoms with Gasteiger partial charge in [-0.25, -0.2) is 9.97 Å². The van der Waals surface area contributed by atoms with Crippen molar-refractivity contribution in [2.75, 3.05) is 11.1 Å². The maximum atomic E-state index is 12.7. The number of carbonyl (C=O) groups is 1. The molecule has 0 saturated carbocycles. The molecule has 160 valence electrons. The van der Waals surface area contributed by atoms with Crippen LogP contribution in [0.5, 0.6) is 0 Å². The van der Waals surface area contributed by atoms with Crippen LogP contribution < -0.4 is 11.1 Å². The summed E-state index contributed by atoms with van der Waals surface area (Å²) < 4.78 is 1.10. The highest BCUT2D eigenvalue weighted by molar-refractivity contribution is 14.1. The number of aliphatic hydroxyl groups is 1. The summed E-state index contributed by atoms with van der Waals surface area (Å²) in [5.41, 5.74) is 9.64. The molecule has 0 spiro atoms. The lowest BCUT2D eigenvalue weighted by Crippen LogP contribution is -2.19. The van der Waals surface area contributed by atoms with E-state index in [1.54, 1.807) is 30.5 Å². The molecule has 1 aromatic heterocycles. The molecule has 0 aliphatic carbocycles. The molecule has 3 aromatic carbocycles. The van der Waals surface area contributed by atoms with E-state index in [9.17, 15) is 9.90 Å². The number of nitrogen functional groups attached to an aromatic ring is 1. The lowest BCUT2D eigenvalue weighted by molar-refractivity contribution is -0.115. The summed E-state index contributed by atoms with van der Waals surface area (Å²) in [6.07, 6.45) is 0.720. The highest BCUT2D eigenvalue weighted by Gasteiger charge is 2.20. The van der Waals surface area contributed by atoms with Crippen molar-refractivity contribution in [1.82, 2.24) is 9.97 Å². The first-order valence-electron chi connectivity index (χ1n) is 10.00. The van der Waals surface area contributed by atoms with Gasteiger partial charge in [-0.1, -0.05) is 54.6 Å². The van der Waals surface area contributed by atoms with Gasteiger partial charge in [0.15, 0.2) is 5.82 Å². The van der Waals surface area contributed by atoms with E-state index in [2.05, 4.69) is 37.9 Å². The highest BCUT2D eigenvalue weighted by atomic mass is 127. The SMILES string of the molecule is Nc1ccc(-c2cnc(NC(=O)Cc3ccc(I)cc3)c(C(O)c3ccccc3)n2)cc1. The number of nitrogens with zero attached hydrogens (tertiary/aromatic N) is 2. The molecule has 0 bridgehead atoms. The van der Waals surface area contributed by atoms with Crippen LogP contribution in [0.3, 0.4) is 0 Å². The molecule has 4 rings (SSSR count). The van der Waals surface area contributed by atoms with Crippen LogP contribution in [0.15, 0.2) is 85.1 Å². The van der Waals surface area contributed by atoms with Gasteiger partial charge in [0.2, 0.25) is 5.91 Å². The number of amides is 1. The topological polar surface area (TPSA) is 101 Å². The number of aromatic nitrogens is 2. The van der Waals surface area contributed by atoms with E-state index in [1.165, 1.54) is 0 Å². The minimum absolute atomic E-state index is 0.194. The van der Waals surface area contributed by atoms with Crippen LogP contribution in [0.25, 0.3) is 11.3 Å². The van der Waals surface area contributed by atoms with Crippen molar-refractivity contribution in [1.29, 1.82) is 0 Å². The molecular formula is C25H21IN4O2. The van der Waals surface area contributed by atoms with Crippen LogP contribution in [-0.4, -0.2) is 21.0 Å². The van der Waals surface area contributed by atoms with Gasteiger partial charge in [0.05, 0.1) is 18.3 Å². The molecule has 7 heteroatoms. The molecule has 1 heterocycles. The first-order chi connectivity index (χ1) is 15.5. The monoisotopic (exact) mass is 536 g/mol. The molecule has 0 fully saturated rings. The highest BCUT2D eigenvalue weighted by Crippen LogP contribution is 2.28. The summed E-state index contributed by atoms with van der Waals surface area (Å²) in [5.74, 6) is -0.00156. The summed E-state index contributed by atoms with van der Waals surface area (Å²) >= 11 is 2.22. The zero-order valence-corrected chi connectivity index (χ0v) is 19.2. The maximum absolute atomic E-state index is 12.7. The van der Waals surface area contributed by atoms with Crippen molar-refractivity contribution in [3.8, 4) is 11.3 Å². The van der Waals surface area contributed by atoms with Crippen LogP contribution in [0.1, 0.15) is 22.9 Å². The number of rotatable bonds is 6. The van der Waals surface area contributed by atoms with Gasteiger partial charge in [-0.05, 0) is 58.0 Å². The summed E-state index contributed by atoms with van der Waals surface area (Å²) in [7, 11) is 0. The Morgan fingerprint density at radius 2 is 1.69 bits per heavy atom. The van der Waals surface area contributed by atoms with E-state index in [1.807, 2.05) is 54.6 Å². The number of carbonyl (C=O) groups excluding carboxylic acids is 1. The van der Waals surface area contributed by atoms with Crippen LogP contribution in [0.2, 0.25) is 0 Å². The summed E-state index contributed by atoms with van der Waals surface area (Å²) in [6.45, 7) is 0. The molecule has 0 radical (unpaired) electrons. The quantitative estimate of drug-likeness (QED) is 0.247. The third-order valence-corrected chi connectivity index (χ3v) is 5.64. The number of aliphatic hydroxyl groups excluding tert-OH is 1. The zero-order valence-electron chi connectivity index (χ0n) is 17.1. The minimum Gasteiger partial charge on any atom is -0.399 e. The third kappa shape index (κ3) is 5.30. The van der Waals surface area contributed by atoms with Crippen molar-refractivity contribution in [2.45, 2.75) is 12.5 Å². The third-order valence-electron chi connectivity index (χ3n) is 4.92. The maximum Gasteiger partial charge on any atom is 0.229 e. The van der Waals surface area contributed by atoms with Gasteiger partial charge in [-0.2, -0.15) is 0 Å². The van der Waals surface area contributed by atoms with Crippen LogP contribution >= 0.6 is 22.6 Å². The number of hydrogen-bond acceptors (Lipinski definition) is 5. The molecule has 1 unspecified atom stereocenters. The Morgan fingerprint density at radius 1 is 1.00 bits per heavy atom. The van der Waals surface area contributed by atoms with Gasteiger partial charge in [0, 0.05) is 14.8 Å². The zero-order chi connectivity index (χ0) is 22.5. The molecule has 0 aliphatic rings. The number of hydrogen-bond donors (Lipinski definition) is 3. The Hall–Kier alpha value is -3.30. The fourth-order valence-electron chi connectivity index (χ4n) is 3.24. The average Bonchev–Trinajstić information content (AvgIpc) is 2.81. The van der Waals surface area contributed by atoms with Crippen molar-refractivity contribution in [2.24, 2.45) is 0 Å². The fraction of sp³-hybridized carbons (Fsp3) is 0.0800. The molecule has 4 aromatic rings. The van der Waals surface area contributed by atoms with Crippen LogP contribution in [0, 0.1) is 3.57 Å². The summed E-state index contributed by atoms with van der Waals surface area (Å²) in [5, 5.41) is 13.9. The molecule has 32 heavy (non-hydrogen) atoms. The normalized spacial score (nSPS) is 11.7. The van der Waals surface area contributed by atoms with Gasteiger partial charge in [0.1, 0.15) is 11.8 Å². The number of nitrogens with two attached hydrogens (primary N) is 1. The minimum atomic E-state index is -1.05. The molecule has 4 N–H and O–H groups in total. The molecule has 0 saturated heterocycles. The Labute approximate surface area is 199 Å². The average molecular weight is 536 g/mol. The van der Waals surface area contributed by atoms with Gasteiger partial charge in [-0.3, -0.25) is 4.79 Å². The number of halogens is 1. The molecule has 0 aliphatic heterocycles. The number of nitrogens with one attached hydrogen (secondary N) is 1. The smallest absolute Gasteiger partial charge is 0.229 e. The second-order valence-corrected chi connectivity index (χ2v) is 8.52. The first kappa shape index (κ1) is 21.9. The second-order valence-electron chi connectivity index (χ2n) is 7.28. The molecule has 1 atom stereocenters. The molecular weight excluding hydrogens is 515 g/mol. The van der Waals surface area contributed by atoms with Gasteiger partial charge < -0.3 is 16.2 Å². The molecule has 1 amide bonds. The van der Waals surface area contributed by atoms with E-state index in [0.29, 0.717) is 16.9 Å². The van der Waals surface area contributed by atoms with E-state index in [-0.39, 0.29) is 23.8 Å². The van der Waals surface area contributed by atoms with E-state index >= 15 is 0 Å². The molecule has 6 nitrogen and oxygen atoms in total. The van der Waals surface area contributed by atoms with Gasteiger partial charge in [0.25, 0.3) is 0 Å². The summed E-state index contributed by atoms with van der Waals surface area (Å²) in [6, 6.07) is 24.1. The van der Waals surface area contributed by atoms with E-state index in [4.69, 9.17) is 5.73 Å². The lowest BCUT2D eigenvalue weighted by Gasteiger charge is -2.16. The van der Waals surface area contributed by atoms with Crippen molar-refractivity contribution < 1.29 is 9.90 Å². The van der Waals surface area contributed by atoms with Crippen LogP contribution in [-0.2, 0) is 11.2 Å². The largest absolute Gasteiger partial charge is 0.399 e. The standard InChI is InChI=1S/C25H21IN4O2/c26-19-10-6-16(7-11-19)14-22(31)30-25-23(24(32)18-4-2-1-3-5-18)29-21(15-28-25)17-8-12-20(27)13-9-17/h1-13,15,24,32H,14,27H2,(H,28,30,31). The predicted octanol–water partition coefficient (Wildman–Crippen LogP) is 4.59. The Kier molecular flexibility index (Phi) is 6.77. The fourth-order valence-corrected chi connectivity index (χ4v) is 3.60. The summed E-state index contributed by atoms with van der Waals surface area (Å²) in [4.78, 5) is 21.8.